The van der Waals surface area contributed by atoms with Crippen LogP contribution in [0.2, 0.25) is 0 Å². The summed E-state index contributed by atoms with van der Waals surface area (Å²) in [4.78, 5) is 27.0. The number of nitrogens with zero attached hydrogens (tertiary/aromatic N) is 1. The third kappa shape index (κ3) is 4.85. The molecule has 1 fully saturated rings. The summed E-state index contributed by atoms with van der Waals surface area (Å²) in [6.45, 7) is 0. The maximum atomic E-state index is 13.1. The second kappa shape index (κ2) is 7.67. The van der Waals surface area contributed by atoms with Crippen molar-refractivity contribution < 1.29 is 27.2 Å². The lowest BCUT2D eigenvalue weighted by molar-refractivity contribution is -0.117. The van der Waals surface area contributed by atoms with Gasteiger partial charge >= 0.3 is 11.7 Å². The van der Waals surface area contributed by atoms with E-state index < -0.39 is 11.7 Å². The normalized spacial score (nSPS) is 14.3. The molecule has 27 heavy (non-hydrogen) atoms. The fourth-order valence-corrected chi connectivity index (χ4v) is 3.01. The predicted molar refractivity (Wildman–Crippen MR) is 93.2 cm³/mol. The van der Waals surface area contributed by atoms with Gasteiger partial charge in [-0.05, 0) is 60.0 Å². The zero-order valence-electron chi connectivity index (χ0n) is 13.8. The van der Waals surface area contributed by atoms with Crippen molar-refractivity contribution >= 4 is 29.8 Å². The summed E-state index contributed by atoms with van der Waals surface area (Å²) in [6.07, 6.45) is -1.61. The topological polar surface area (TPSA) is 59.1 Å². The Hall–Kier alpha value is -2.42. The molecular formula is C18H14F4N2O2S. The van der Waals surface area contributed by atoms with Gasteiger partial charge in [-0.2, -0.15) is 8.78 Å². The molecule has 1 aromatic heterocycles. The summed E-state index contributed by atoms with van der Waals surface area (Å²) in [5.41, 5.74) is 1.20. The molecule has 0 spiro atoms. The van der Waals surface area contributed by atoms with Crippen LogP contribution >= 0.6 is 11.8 Å². The monoisotopic (exact) mass is 398 g/mol. The number of amides is 1. The third-order valence-electron chi connectivity index (χ3n) is 3.86. The lowest BCUT2D eigenvalue weighted by atomic mass is 10.1. The molecule has 0 atom stereocenters. The minimum atomic E-state index is -4.18. The van der Waals surface area contributed by atoms with E-state index in [0.29, 0.717) is 17.4 Å². The fraction of sp³-hybridized carbons (Fsp3) is 0.278. The highest BCUT2D eigenvalue weighted by atomic mass is 32.2. The zero-order valence-corrected chi connectivity index (χ0v) is 14.6. The van der Waals surface area contributed by atoms with Crippen LogP contribution in [0.3, 0.4) is 0 Å². The second-order valence-electron chi connectivity index (χ2n) is 6.04. The molecule has 1 amide bonds. The Bertz CT molecular complexity index is 855. The van der Waals surface area contributed by atoms with E-state index in [9.17, 15) is 27.2 Å². The van der Waals surface area contributed by atoms with Crippen molar-refractivity contribution in [2.75, 3.05) is 5.32 Å². The van der Waals surface area contributed by atoms with Crippen molar-refractivity contribution in [2.45, 2.75) is 29.4 Å². The van der Waals surface area contributed by atoms with Crippen LogP contribution in [0.1, 0.15) is 23.3 Å². The first-order valence-corrected chi connectivity index (χ1v) is 8.83. The minimum absolute atomic E-state index is 0.0176. The van der Waals surface area contributed by atoms with E-state index in [4.69, 9.17) is 0 Å². The molecule has 9 heteroatoms. The Morgan fingerprint density at radius 2 is 1.85 bits per heavy atom. The summed E-state index contributed by atoms with van der Waals surface area (Å²) >= 11 is -0.222. The quantitative estimate of drug-likeness (QED) is 0.411. The summed E-state index contributed by atoms with van der Waals surface area (Å²) in [5.74, 6) is 0.00890. The number of carbonyl (C=O) groups is 2. The van der Waals surface area contributed by atoms with Crippen LogP contribution in [0.5, 0.6) is 0 Å². The number of aldehydes is 1. The van der Waals surface area contributed by atoms with Gasteiger partial charge in [0.2, 0.25) is 5.91 Å². The molecule has 3 rings (SSSR count). The average Bonchev–Trinajstić information content (AvgIpc) is 3.46. The second-order valence-corrected chi connectivity index (χ2v) is 7.26. The molecule has 1 saturated carbocycles. The van der Waals surface area contributed by atoms with E-state index in [-0.39, 0.29) is 40.0 Å². The molecule has 142 valence electrons. The van der Waals surface area contributed by atoms with Gasteiger partial charge in [0.1, 0.15) is 11.5 Å². The van der Waals surface area contributed by atoms with Crippen LogP contribution in [-0.4, -0.2) is 28.9 Å². The Labute approximate surface area is 156 Å². The molecule has 0 aliphatic heterocycles. The Morgan fingerprint density at radius 1 is 1.19 bits per heavy atom. The van der Waals surface area contributed by atoms with Crippen LogP contribution in [0.25, 0.3) is 11.1 Å². The van der Waals surface area contributed by atoms with E-state index in [2.05, 4.69) is 10.3 Å². The number of hydrogen-bond donors (Lipinski definition) is 1. The number of halogens is 4. The highest BCUT2D eigenvalue weighted by Gasteiger charge is 2.41. The number of carbonyl (C=O) groups excluding carboxylic acids is 2. The Morgan fingerprint density at radius 3 is 2.41 bits per heavy atom. The fourth-order valence-electron chi connectivity index (χ4n) is 2.33. The molecule has 1 heterocycles. The maximum Gasteiger partial charge on any atom is 0.357 e. The largest absolute Gasteiger partial charge is 0.357 e. The van der Waals surface area contributed by atoms with Crippen LogP contribution in [0.15, 0.2) is 41.3 Å². The van der Waals surface area contributed by atoms with E-state index >= 15 is 0 Å². The van der Waals surface area contributed by atoms with Crippen molar-refractivity contribution in [1.82, 2.24) is 4.98 Å². The smallest absolute Gasteiger partial charge is 0.310 e. The summed E-state index contributed by atoms with van der Waals surface area (Å²) in [7, 11) is 0. The highest BCUT2D eigenvalue weighted by molar-refractivity contribution is 8.00. The predicted octanol–water partition coefficient (Wildman–Crippen LogP) is 4.86. The molecule has 0 bridgehead atoms. The van der Waals surface area contributed by atoms with E-state index in [1.54, 1.807) is 6.07 Å². The zero-order chi connectivity index (χ0) is 19.6. The standard InChI is InChI=1S/C18H14F4N2O2S/c19-17(20)18(21,22)27-14-5-3-10(4-6-14)12-7-13(9-25)23-15(8-12)24-16(26)11-1-2-11/h3-9,11,17H,1-2H2,(H,23,24,26). The van der Waals surface area contributed by atoms with E-state index in [0.717, 1.165) is 12.8 Å². The number of benzene rings is 1. The average molecular weight is 398 g/mol. The van der Waals surface area contributed by atoms with Gasteiger partial charge in [-0.3, -0.25) is 9.59 Å². The van der Waals surface area contributed by atoms with Crippen LogP contribution in [0.4, 0.5) is 23.4 Å². The first-order chi connectivity index (χ1) is 12.8. The molecule has 4 nitrogen and oxygen atoms in total. The first kappa shape index (κ1) is 19.3. The number of nitrogens with one attached hydrogen (secondary N) is 1. The van der Waals surface area contributed by atoms with Crippen molar-refractivity contribution in [3.63, 3.8) is 0 Å². The van der Waals surface area contributed by atoms with Gasteiger partial charge in [-0.15, -0.1) is 0 Å². The van der Waals surface area contributed by atoms with E-state index in [1.807, 2.05) is 0 Å². The van der Waals surface area contributed by atoms with Crippen molar-refractivity contribution in [1.29, 1.82) is 0 Å². The molecule has 1 N–H and O–H groups in total. The van der Waals surface area contributed by atoms with Gasteiger partial charge in [0.15, 0.2) is 6.29 Å². The van der Waals surface area contributed by atoms with Crippen LogP contribution in [-0.2, 0) is 4.79 Å². The molecule has 1 aromatic carbocycles. The Kier molecular flexibility index (Phi) is 5.50. The van der Waals surface area contributed by atoms with Crippen molar-refractivity contribution in [2.24, 2.45) is 5.92 Å². The number of hydrogen-bond acceptors (Lipinski definition) is 4. The molecule has 0 unspecified atom stereocenters. The maximum absolute atomic E-state index is 13.1. The number of anilines is 1. The van der Waals surface area contributed by atoms with Gasteiger partial charge in [-0.25, -0.2) is 13.8 Å². The number of aromatic nitrogens is 1. The molecule has 1 aliphatic carbocycles. The number of thioether (sulfide) groups is 1. The summed E-state index contributed by atoms with van der Waals surface area (Å²) in [6, 6.07) is 8.57. The summed E-state index contributed by atoms with van der Waals surface area (Å²) < 4.78 is 50.8. The number of alkyl halides is 4. The lowest BCUT2D eigenvalue weighted by Gasteiger charge is -2.14. The molecule has 2 aromatic rings. The summed E-state index contributed by atoms with van der Waals surface area (Å²) in [5, 5.41) is -1.53. The molecule has 0 saturated heterocycles. The van der Waals surface area contributed by atoms with Crippen molar-refractivity contribution in [3.05, 3.63) is 42.1 Å². The van der Waals surface area contributed by atoms with Gasteiger partial charge in [0, 0.05) is 10.8 Å². The SMILES string of the molecule is O=Cc1cc(-c2ccc(SC(F)(F)C(F)F)cc2)cc(NC(=O)C2CC2)n1. The van der Waals surface area contributed by atoms with Crippen LogP contribution in [0, 0.1) is 5.92 Å². The van der Waals surface area contributed by atoms with Crippen molar-refractivity contribution in [3.8, 4) is 11.1 Å². The third-order valence-corrected chi connectivity index (χ3v) is 4.82. The van der Waals surface area contributed by atoms with Gasteiger partial charge in [-0.1, -0.05) is 12.1 Å². The number of pyridine rings is 1. The van der Waals surface area contributed by atoms with E-state index in [1.165, 1.54) is 30.3 Å². The van der Waals surface area contributed by atoms with Crippen LogP contribution < -0.4 is 5.32 Å². The first-order valence-electron chi connectivity index (χ1n) is 8.02. The van der Waals surface area contributed by atoms with Gasteiger partial charge < -0.3 is 5.32 Å². The minimum Gasteiger partial charge on any atom is -0.310 e. The van der Waals surface area contributed by atoms with Gasteiger partial charge in [0.25, 0.3) is 0 Å². The lowest BCUT2D eigenvalue weighted by Crippen LogP contribution is -2.21. The highest BCUT2D eigenvalue weighted by Crippen LogP contribution is 2.41. The number of rotatable bonds is 7. The van der Waals surface area contributed by atoms with Gasteiger partial charge in [0.05, 0.1) is 0 Å². The Balaban J connectivity index is 1.82. The molecule has 0 radical (unpaired) electrons. The molecule has 1 aliphatic rings. The molecular weight excluding hydrogens is 384 g/mol.